The summed E-state index contributed by atoms with van der Waals surface area (Å²) in [4.78, 5) is 28.9. The van der Waals surface area contributed by atoms with Crippen LogP contribution in [0.4, 0.5) is 0 Å². The van der Waals surface area contributed by atoms with Crippen molar-refractivity contribution in [1.82, 2.24) is 10.2 Å². The van der Waals surface area contributed by atoms with Gasteiger partial charge in [-0.15, -0.1) is 0 Å². The van der Waals surface area contributed by atoms with Crippen molar-refractivity contribution < 1.29 is 14.3 Å². The molecule has 0 heterocycles. The van der Waals surface area contributed by atoms with Gasteiger partial charge in [0.05, 0.1) is 0 Å². The molecule has 2 amide bonds. The van der Waals surface area contributed by atoms with Crippen LogP contribution >= 0.6 is 0 Å². The Labute approximate surface area is 221 Å². The number of rotatable bonds is 13. The first-order chi connectivity index (χ1) is 17.9. The van der Waals surface area contributed by atoms with Crippen LogP contribution in [-0.4, -0.2) is 35.9 Å². The predicted octanol–water partition coefficient (Wildman–Crippen LogP) is 6.05. The molecule has 3 aromatic rings. The number of ether oxygens (including phenoxy) is 1. The number of carbonyl (C=O) groups excluding carboxylic acids is 2. The zero-order valence-corrected chi connectivity index (χ0v) is 22.6. The summed E-state index contributed by atoms with van der Waals surface area (Å²) in [5.41, 5.74) is 4.18. The lowest BCUT2D eigenvalue weighted by Gasteiger charge is -2.31. The molecule has 37 heavy (non-hydrogen) atoms. The zero-order chi connectivity index (χ0) is 26.6. The second kappa shape index (κ2) is 14.2. The van der Waals surface area contributed by atoms with Crippen LogP contribution in [0.2, 0.25) is 0 Å². The van der Waals surface area contributed by atoms with Crippen LogP contribution in [0.5, 0.6) is 5.75 Å². The van der Waals surface area contributed by atoms with Gasteiger partial charge in [0.15, 0.2) is 6.61 Å². The molecule has 0 saturated heterocycles. The van der Waals surface area contributed by atoms with E-state index in [0.29, 0.717) is 25.3 Å². The topological polar surface area (TPSA) is 58.6 Å². The van der Waals surface area contributed by atoms with Crippen LogP contribution in [0, 0.1) is 6.92 Å². The molecule has 5 nitrogen and oxygen atoms in total. The normalized spacial score (nSPS) is 11.7. The molecule has 1 atom stereocenters. The Morgan fingerprint density at radius 3 is 2.24 bits per heavy atom. The van der Waals surface area contributed by atoms with Gasteiger partial charge in [0.2, 0.25) is 5.91 Å². The van der Waals surface area contributed by atoms with Gasteiger partial charge >= 0.3 is 0 Å². The van der Waals surface area contributed by atoms with Gasteiger partial charge in [0.1, 0.15) is 11.8 Å². The van der Waals surface area contributed by atoms with E-state index in [9.17, 15) is 9.59 Å². The van der Waals surface area contributed by atoms with Crippen LogP contribution < -0.4 is 10.1 Å². The number of para-hydroxylation sites is 1. The van der Waals surface area contributed by atoms with Gasteiger partial charge in [-0.2, -0.15) is 0 Å². The molecule has 0 aromatic heterocycles. The highest BCUT2D eigenvalue weighted by Gasteiger charge is 2.30. The molecule has 0 aliphatic rings. The second-order valence-corrected chi connectivity index (χ2v) is 9.84. The van der Waals surface area contributed by atoms with E-state index in [1.165, 1.54) is 0 Å². The van der Waals surface area contributed by atoms with Crippen LogP contribution in [-0.2, 0) is 22.6 Å². The number of hydrogen-bond donors (Lipinski definition) is 1. The van der Waals surface area contributed by atoms with Crippen LogP contribution in [0.15, 0.2) is 78.9 Å². The van der Waals surface area contributed by atoms with E-state index < -0.39 is 6.04 Å². The lowest BCUT2D eigenvalue weighted by atomic mass is 10.0. The molecule has 1 N–H and O–H groups in total. The third kappa shape index (κ3) is 8.49. The summed E-state index contributed by atoms with van der Waals surface area (Å²) in [6.07, 6.45) is 2.31. The molecule has 0 spiro atoms. The molecule has 0 saturated carbocycles. The Bertz CT molecular complexity index is 1130. The zero-order valence-electron chi connectivity index (χ0n) is 22.6. The quantitative estimate of drug-likeness (QED) is 0.291. The summed E-state index contributed by atoms with van der Waals surface area (Å²) in [5, 5.41) is 3.06. The Kier molecular flexibility index (Phi) is 10.8. The Morgan fingerprint density at radius 1 is 0.892 bits per heavy atom. The predicted molar refractivity (Wildman–Crippen MR) is 150 cm³/mol. The number of hydrogen-bond acceptors (Lipinski definition) is 3. The fourth-order valence-electron chi connectivity index (χ4n) is 4.26. The summed E-state index contributed by atoms with van der Waals surface area (Å²) in [5.74, 6) is 0.615. The molecule has 0 radical (unpaired) electrons. The monoisotopic (exact) mass is 500 g/mol. The summed E-state index contributed by atoms with van der Waals surface area (Å²) in [6.45, 7) is 9.11. The van der Waals surface area contributed by atoms with Crippen molar-refractivity contribution in [3.8, 4) is 5.75 Å². The van der Waals surface area contributed by atoms with E-state index in [2.05, 4.69) is 26.1 Å². The van der Waals surface area contributed by atoms with Crippen molar-refractivity contribution in [3.05, 3.63) is 101 Å². The van der Waals surface area contributed by atoms with Gasteiger partial charge in [0, 0.05) is 19.5 Å². The van der Waals surface area contributed by atoms with Crippen molar-refractivity contribution in [2.45, 2.75) is 65.5 Å². The molecule has 3 rings (SSSR count). The first kappa shape index (κ1) is 28.0. The molecule has 0 aliphatic carbocycles. The van der Waals surface area contributed by atoms with E-state index in [-0.39, 0.29) is 24.3 Å². The smallest absolute Gasteiger partial charge is 0.261 e. The van der Waals surface area contributed by atoms with Gasteiger partial charge in [-0.1, -0.05) is 106 Å². The average Bonchev–Trinajstić information content (AvgIpc) is 2.91. The van der Waals surface area contributed by atoms with E-state index >= 15 is 0 Å². The number of benzene rings is 3. The molecule has 3 aromatic carbocycles. The number of aryl methyl sites for hydroxylation is 1. The summed E-state index contributed by atoms with van der Waals surface area (Å²) in [6, 6.07) is 25.1. The number of nitrogens with zero attached hydrogens (tertiary/aromatic N) is 1. The van der Waals surface area contributed by atoms with Gasteiger partial charge in [-0.05, 0) is 42.0 Å². The number of amides is 2. The van der Waals surface area contributed by atoms with Gasteiger partial charge in [-0.25, -0.2) is 0 Å². The minimum absolute atomic E-state index is 0.136. The minimum Gasteiger partial charge on any atom is -0.483 e. The Morgan fingerprint density at radius 2 is 1.57 bits per heavy atom. The van der Waals surface area contributed by atoms with Crippen molar-refractivity contribution >= 4 is 11.8 Å². The van der Waals surface area contributed by atoms with Crippen molar-refractivity contribution in [2.75, 3.05) is 13.2 Å². The molecule has 196 valence electrons. The van der Waals surface area contributed by atoms with E-state index in [0.717, 1.165) is 35.1 Å². The SMILES string of the molecule is CCCCNC(=O)[C@@H](Cc1ccccc1)N(Cc1ccc(C)cc1)C(=O)COc1ccccc1C(C)C. The molecule has 0 aliphatic heterocycles. The fourth-order valence-corrected chi connectivity index (χ4v) is 4.26. The lowest BCUT2D eigenvalue weighted by molar-refractivity contribution is -0.142. The maximum Gasteiger partial charge on any atom is 0.261 e. The molecule has 0 fully saturated rings. The highest BCUT2D eigenvalue weighted by molar-refractivity contribution is 5.88. The Hall–Kier alpha value is -3.60. The van der Waals surface area contributed by atoms with Gasteiger partial charge in [-0.3, -0.25) is 9.59 Å². The minimum atomic E-state index is -0.656. The first-order valence-corrected chi connectivity index (χ1v) is 13.3. The molecular formula is C32H40N2O3. The average molecular weight is 501 g/mol. The summed E-state index contributed by atoms with van der Waals surface area (Å²) >= 11 is 0. The maximum absolute atomic E-state index is 13.8. The maximum atomic E-state index is 13.8. The van der Waals surface area contributed by atoms with Crippen LogP contribution in [0.25, 0.3) is 0 Å². The summed E-state index contributed by atoms with van der Waals surface area (Å²) < 4.78 is 6.05. The molecular weight excluding hydrogens is 460 g/mol. The van der Waals surface area contributed by atoms with E-state index in [1.807, 2.05) is 85.8 Å². The highest BCUT2D eigenvalue weighted by atomic mass is 16.5. The largest absolute Gasteiger partial charge is 0.483 e. The number of nitrogens with one attached hydrogen (secondary N) is 1. The molecule has 0 bridgehead atoms. The van der Waals surface area contributed by atoms with Crippen LogP contribution in [0.1, 0.15) is 61.8 Å². The molecule has 5 heteroatoms. The fraction of sp³-hybridized carbons (Fsp3) is 0.375. The molecule has 0 unspecified atom stereocenters. The highest BCUT2D eigenvalue weighted by Crippen LogP contribution is 2.26. The number of carbonyl (C=O) groups is 2. The Balaban J connectivity index is 1.90. The first-order valence-electron chi connectivity index (χ1n) is 13.3. The lowest BCUT2D eigenvalue weighted by Crippen LogP contribution is -2.51. The second-order valence-electron chi connectivity index (χ2n) is 9.84. The number of unbranched alkanes of at least 4 members (excludes halogenated alkanes) is 1. The van der Waals surface area contributed by atoms with Crippen molar-refractivity contribution in [1.29, 1.82) is 0 Å². The summed E-state index contributed by atoms with van der Waals surface area (Å²) in [7, 11) is 0. The van der Waals surface area contributed by atoms with E-state index in [4.69, 9.17) is 4.74 Å². The van der Waals surface area contributed by atoms with E-state index in [1.54, 1.807) is 4.90 Å². The van der Waals surface area contributed by atoms with Crippen molar-refractivity contribution in [2.24, 2.45) is 0 Å². The van der Waals surface area contributed by atoms with Crippen LogP contribution in [0.3, 0.4) is 0 Å². The standard InChI is InChI=1S/C32H40N2O3/c1-5-6-20-33-32(36)29(21-26-12-8-7-9-13-26)34(22-27-18-16-25(4)17-19-27)31(35)23-37-30-15-11-10-14-28(30)24(2)3/h7-19,24,29H,5-6,20-23H2,1-4H3,(H,33,36)/t29-/m1/s1. The van der Waals surface area contributed by atoms with Crippen molar-refractivity contribution in [3.63, 3.8) is 0 Å². The third-order valence-electron chi connectivity index (χ3n) is 6.47. The third-order valence-corrected chi connectivity index (χ3v) is 6.47. The van der Waals surface area contributed by atoms with Gasteiger partial charge in [0.25, 0.3) is 5.91 Å². The van der Waals surface area contributed by atoms with Gasteiger partial charge < -0.3 is 15.0 Å².